The van der Waals surface area contributed by atoms with Crippen molar-refractivity contribution in [3.63, 3.8) is 0 Å². The van der Waals surface area contributed by atoms with Crippen molar-refractivity contribution in [1.82, 2.24) is 0 Å². The lowest BCUT2D eigenvalue weighted by molar-refractivity contribution is 0.229. The van der Waals surface area contributed by atoms with E-state index < -0.39 is 0 Å². The average Bonchev–Trinajstić information content (AvgIpc) is 2.13. The highest BCUT2D eigenvalue weighted by molar-refractivity contribution is 5.29. The molecule has 0 spiro atoms. The normalized spacial score (nSPS) is 14.7. The highest BCUT2D eigenvalue weighted by atomic mass is 16.3. The van der Waals surface area contributed by atoms with Crippen molar-refractivity contribution < 1.29 is 5.11 Å². The lowest BCUT2D eigenvalue weighted by Crippen LogP contribution is -2.23. The second-order valence-corrected chi connectivity index (χ2v) is 7.27. The standard InChI is InChI=1S/C16H26O/c1-15(2,3)11-14(16(4,5)6)12-7-9-13(17)10-8-12/h7-10,14,17H,11H2,1-6H3/t14-/m1/s1. The number of phenolic OH excluding ortho intramolecular Hbond substituents is 1. The summed E-state index contributed by atoms with van der Waals surface area (Å²) in [6.45, 7) is 13.7. The third-order valence-corrected chi connectivity index (χ3v) is 3.16. The maximum Gasteiger partial charge on any atom is 0.115 e. The molecule has 96 valence electrons. The monoisotopic (exact) mass is 234 g/mol. The molecule has 1 atom stereocenters. The van der Waals surface area contributed by atoms with Gasteiger partial charge in [0.05, 0.1) is 0 Å². The van der Waals surface area contributed by atoms with Crippen LogP contribution in [-0.2, 0) is 0 Å². The van der Waals surface area contributed by atoms with Gasteiger partial charge < -0.3 is 5.11 Å². The number of benzene rings is 1. The molecular formula is C16H26O. The Labute approximate surface area is 106 Å². The Balaban J connectivity index is 3.03. The third-order valence-electron chi connectivity index (χ3n) is 3.16. The minimum atomic E-state index is 0.240. The van der Waals surface area contributed by atoms with Gasteiger partial charge in [0.1, 0.15) is 5.75 Å². The van der Waals surface area contributed by atoms with Crippen LogP contribution in [0.4, 0.5) is 0 Å². The predicted octanol–water partition coefficient (Wildman–Crippen LogP) is 4.96. The maximum atomic E-state index is 9.37. The number of aromatic hydroxyl groups is 1. The van der Waals surface area contributed by atoms with Crippen molar-refractivity contribution in [2.45, 2.75) is 53.9 Å². The van der Waals surface area contributed by atoms with Crippen LogP contribution in [0.1, 0.15) is 59.4 Å². The van der Waals surface area contributed by atoms with Crippen LogP contribution >= 0.6 is 0 Å². The Bertz CT molecular complexity index is 349. The van der Waals surface area contributed by atoms with Crippen LogP contribution in [0.3, 0.4) is 0 Å². The number of phenols is 1. The molecule has 0 bridgehead atoms. The second kappa shape index (κ2) is 4.72. The average molecular weight is 234 g/mol. The predicted molar refractivity (Wildman–Crippen MR) is 74.4 cm³/mol. The van der Waals surface area contributed by atoms with Crippen LogP contribution in [0.5, 0.6) is 5.75 Å². The Hall–Kier alpha value is -0.980. The molecule has 1 heteroatoms. The quantitative estimate of drug-likeness (QED) is 0.767. The minimum absolute atomic E-state index is 0.240. The first kappa shape index (κ1) is 14.1. The summed E-state index contributed by atoms with van der Waals surface area (Å²) >= 11 is 0. The highest BCUT2D eigenvalue weighted by Crippen LogP contribution is 2.43. The van der Waals surface area contributed by atoms with Gasteiger partial charge in [0.25, 0.3) is 0 Å². The van der Waals surface area contributed by atoms with Gasteiger partial charge in [-0.15, -0.1) is 0 Å². The van der Waals surface area contributed by atoms with Crippen LogP contribution in [0.25, 0.3) is 0 Å². The van der Waals surface area contributed by atoms with Gasteiger partial charge in [-0.3, -0.25) is 0 Å². The van der Waals surface area contributed by atoms with Gasteiger partial charge in [0.15, 0.2) is 0 Å². The summed E-state index contributed by atoms with van der Waals surface area (Å²) in [5.74, 6) is 0.861. The second-order valence-electron chi connectivity index (χ2n) is 7.27. The summed E-state index contributed by atoms with van der Waals surface area (Å²) < 4.78 is 0. The summed E-state index contributed by atoms with van der Waals surface area (Å²) in [5, 5.41) is 9.37. The fraction of sp³-hybridized carbons (Fsp3) is 0.625. The Morgan fingerprint density at radius 2 is 1.41 bits per heavy atom. The van der Waals surface area contributed by atoms with E-state index in [4.69, 9.17) is 0 Å². The molecule has 0 unspecified atom stereocenters. The number of hydrogen-bond acceptors (Lipinski definition) is 1. The van der Waals surface area contributed by atoms with E-state index >= 15 is 0 Å². The van der Waals surface area contributed by atoms with Crippen molar-refractivity contribution in [2.24, 2.45) is 10.8 Å². The van der Waals surface area contributed by atoms with E-state index in [1.54, 1.807) is 12.1 Å². The van der Waals surface area contributed by atoms with E-state index in [9.17, 15) is 5.11 Å². The molecule has 0 aromatic heterocycles. The highest BCUT2D eigenvalue weighted by Gasteiger charge is 2.30. The molecule has 1 aromatic rings. The summed E-state index contributed by atoms with van der Waals surface area (Å²) in [6.07, 6.45) is 1.15. The first-order chi connectivity index (χ1) is 7.59. The molecule has 0 radical (unpaired) electrons. The van der Waals surface area contributed by atoms with E-state index in [0.29, 0.717) is 17.1 Å². The maximum absolute atomic E-state index is 9.37. The van der Waals surface area contributed by atoms with Gasteiger partial charge in [-0.2, -0.15) is 0 Å². The van der Waals surface area contributed by atoms with E-state index in [1.165, 1.54) is 5.56 Å². The lowest BCUT2D eigenvalue weighted by atomic mass is 9.69. The molecule has 1 rings (SSSR count). The fourth-order valence-corrected chi connectivity index (χ4v) is 2.24. The van der Waals surface area contributed by atoms with Gasteiger partial charge in [-0.1, -0.05) is 53.7 Å². The van der Waals surface area contributed by atoms with Crippen molar-refractivity contribution in [1.29, 1.82) is 0 Å². The molecule has 1 N–H and O–H groups in total. The summed E-state index contributed by atoms with van der Waals surface area (Å²) in [4.78, 5) is 0. The molecule has 17 heavy (non-hydrogen) atoms. The molecule has 0 aliphatic carbocycles. The van der Waals surface area contributed by atoms with Crippen molar-refractivity contribution in [2.75, 3.05) is 0 Å². The lowest BCUT2D eigenvalue weighted by Gasteiger charge is -2.36. The van der Waals surface area contributed by atoms with Gasteiger partial charge >= 0.3 is 0 Å². The minimum Gasteiger partial charge on any atom is -0.508 e. The first-order valence-electron chi connectivity index (χ1n) is 6.38. The topological polar surface area (TPSA) is 20.2 Å². The molecule has 0 aliphatic rings. The summed E-state index contributed by atoms with van der Waals surface area (Å²) in [5.41, 5.74) is 1.88. The first-order valence-corrected chi connectivity index (χ1v) is 6.38. The van der Waals surface area contributed by atoms with Crippen molar-refractivity contribution in [3.05, 3.63) is 29.8 Å². The molecule has 1 nitrogen and oxygen atoms in total. The van der Waals surface area contributed by atoms with Gasteiger partial charge in [-0.25, -0.2) is 0 Å². The third kappa shape index (κ3) is 4.41. The fourth-order valence-electron chi connectivity index (χ4n) is 2.24. The summed E-state index contributed by atoms with van der Waals surface area (Å²) in [6, 6.07) is 7.68. The van der Waals surface area contributed by atoms with E-state index in [0.717, 1.165) is 6.42 Å². The van der Waals surface area contributed by atoms with Gasteiger partial charge in [0, 0.05) is 0 Å². The van der Waals surface area contributed by atoms with E-state index in [1.807, 2.05) is 0 Å². The largest absolute Gasteiger partial charge is 0.508 e. The van der Waals surface area contributed by atoms with Crippen LogP contribution in [-0.4, -0.2) is 5.11 Å². The zero-order valence-electron chi connectivity index (χ0n) is 12.0. The smallest absolute Gasteiger partial charge is 0.115 e. The Morgan fingerprint density at radius 3 is 1.76 bits per heavy atom. The molecule has 0 saturated heterocycles. The van der Waals surface area contributed by atoms with Crippen LogP contribution in [0.2, 0.25) is 0 Å². The van der Waals surface area contributed by atoms with Gasteiger partial charge in [0.2, 0.25) is 0 Å². The van der Waals surface area contributed by atoms with Crippen LogP contribution in [0.15, 0.2) is 24.3 Å². The Kier molecular flexibility index (Phi) is 3.91. The number of rotatable bonds is 2. The Morgan fingerprint density at radius 1 is 0.941 bits per heavy atom. The molecule has 0 saturated carbocycles. The SMILES string of the molecule is CC(C)(C)C[C@H](c1ccc(O)cc1)C(C)(C)C. The molecule has 0 aliphatic heterocycles. The van der Waals surface area contributed by atoms with E-state index in [2.05, 4.69) is 53.7 Å². The van der Waals surface area contributed by atoms with Crippen LogP contribution < -0.4 is 0 Å². The van der Waals surface area contributed by atoms with Crippen molar-refractivity contribution >= 4 is 0 Å². The molecular weight excluding hydrogens is 208 g/mol. The molecule has 0 fully saturated rings. The number of hydrogen-bond donors (Lipinski definition) is 1. The molecule has 0 amide bonds. The van der Waals surface area contributed by atoms with Crippen LogP contribution in [0, 0.1) is 10.8 Å². The van der Waals surface area contributed by atoms with Crippen molar-refractivity contribution in [3.8, 4) is 5.75 Å². The zero-order chi connectivity index (χ0) is 13.3. The molecule has 1 aromatic carbocycles. The zero-order valence-corrected chi connectivity index (χ0v) is 12.0. The summed E-state index contributed by atoms with van der Waals surface area (Å²) in [7, 11) is 0. The van der Waals surface area contributed by atoms with E-state index in [-0.39, 0.29) is 5.41 Å². The molecule has 0 heterocycles. The van der Waals surface area contributed by atoms with Gasteiger partial charge in [-0.05, 0) is 40.9 Å².